The van der Waals surface area contributed by atoms with Crippen molar-refractivity contribution in [1.29, 1.82) is 0 Å². The van der Waals surface area contributed by atoms with E-state index in [0.29, 0.717) is 28.7 Å². The molecule has 1 fully saturated rings. The molecule has 2 N–H and O–H groups in total. The number of rotatable bonds is 4. The minimum absolute atomic E-state index is 0.420. The number of hydrogen-bond donors (Lipinski definition) is 1. The molecule has 0 aliphatic carbocycles. The normalized spacial score (nSPS) is 18.8. The second kappa shape index (κ2) is 5.37. The third-order valence-corrected chi connectivity index (χ3v) is 3.86. The second-order valence-corrected chi connectivity index (χ2v) is 5.79. The first-order valence-electron chi connectivity index (χ1n) is 7.16. The Morgan fingerprint density at radius 2 is 2.33 bits per heavy atom. The summed E-state index contributed by atoms with van der Waals surface area (Å²) in [7, 11) is 4.14. The molecule has 0 spiro atoms. The number of anilines is 1. The van der Waals surface area contributed by atoms with Gasteiger partial charge < -0.3 is 20.0 Å². The van der Waals surface area contributed by atoms with Gasteiger partial charge in [-0.25, -0.2) is 0 Å². The number of primary amides is 1. The number of carbonyl (C=O) groups excluding carboxylic acids is 1. The van der Waals surface area contributed by atoms with Crippen LogP contribution >= 0.6 is 0 Å². The number of likely N-dealkylation sites (N-methyl/N-ethyl adjacent to an activating group) is 1. The molecular formula is C15H20N4O2. The van der Waals surface area contributed by atoms with E-state index in [9.17, 15) is 4.79 Å². The Bertz CT molecular complexity index is 665. The largest absolute Gasteiger partial charge is 0.423 e. The van der Waals surface area contributed by atoms with E-state index in [4.69, 9.17) is 10.2 Å². The van der Waals surface area contributed by atoms with Gasteiger partial charge in [0.1, 0.15) is 5.52 Å². The third kappa shape index (κ3) is 2.71. The molecule has 2 aromatic rings. The second-order valence-electron chi connectivity index (χ2n) is 5.79. The first kappa shape index (κ1) is 13.9. The summed E-state index contributed by atoms with van der Waals surface area (Å²) in [6, 6.07) is 6.16. The summed E-state index contributed by atoms with van der Waals surface area (Å²) in [5, 5.41) is 0. The Kier molecular flexibility index (Phi) is 3.55. The van der Waals surface area contributed by atoms with Crippen LogP contribution in [0.4, 0.5) is 6.01 Å². The molecule has 21 heavy (non-hydrogen) atoms. The lowest BCUT2D eigenvalue weighted by molar-refractivity contribution is 0.100. The average Bonchev–Trinajstić information content (AvgIpc) is 3.02. The lowest BCUT2D eigenvalue weighted by Gasteiger charge is -2.25. The number of hydrogen-bond acceptors (Lipinski definition) is 5. The van der Waals surface area contributed by atoms with Gasteiger partial charge in [-0.15, -0.1) is 0 Å². The Morgan fingerprint density at radius 1 is 1.52 bits per heavy atom. The average molecular weight is 288 g/mol. The first-order valence-corrected chi connectivity index (χ1v) is 7.16. The standard InChI is InChI=1S/C15H20N4O2/c1-18(2)9-11-4-3-7-19(11)15-17-12-8-10(14(16)20)5-6-13(12)21-15/h5-6,8,11H,3-4,7,9H2,1-2H3,(H2,16,20). The minimum atomic E-state index is -0.451. The highest BCUT2D eigenvalue weighted by Gasteiger charge is 2.28. The van der Waals surface area contributed by atoms with Crippen molar-refractivity contribution in [3.05, 3.63) is 23.8 Å². The Hall–Kier alpha value is -2.08. The van der Waals surface area contributed by atoms with Crippen LogP contribution in [0.2, 0.25) is 0 Å². The number of nitrogens with two attached hydrogens (primary N) is 1. The maximum atomic E-state index is 11.2. The predicted molar refractivity (Wildman–Crippen MR) is 81.4 cm³/mol. The third-order valence-electron chi connectivity index (χ3n) is 3.86. The van der Waals surface area contributed by atoms with Gasteiger partial charge in [0.25, 0.3) is 6.01 Å². The van der Waals surface area contributed by atoms with E-state index in [0.717, 1.165) is 25.9 Å². The fourth-order valence-corrected chi connectivity index (χ4v) is 2.89. The van der Waals surface area contributed by atoms with Gasteiger partial charge in [0.15, 0.2) is 5.58 Å². The van der Waals surface area contributed by atoms with Gasteiger partial charge in [0.2, 0.25) is 5.91 Å². The number of oxazole rings is 1. The van der Waals surface area contributed by atoms with Gasteiger partial charge in [-0.1, -0.05) is 0 Å². The molecule has 2 heterocycles. The fourth-order valence-electron chi connectivity index (χ4n) is 2.89. The Morgan fingerprint density at radius 3 is 3.05 bits per heavy atom. The molecule has 1 aromatic carbocycles. The van der Waals surface area contributed by atoms with Crippen molar-refractivity contribution in [1.82, 2.24) is 9.88 Å². The number of nitrogens with zero attached hydrogens (tertiary/aromatic N) is 3. The van der Waals surface area contributed by atoms with Crippen molar-refractivity contribution in [3.63, 3.8) is 0 Å². The molecule has 112 valence electrons. The highest BCUT2D eigenvalue weighted by Crippen LogP contribution is 2.28. The summed E-state index contributed by atoms with van der Waals surface area (Å²) in [6.45, 7) is 1.93. The SMILES string of the molecule is CN(C)CC1CCCN1c1nc2cc(C(N)=O)ccc2o1. The molecule has 6 heteroatoms. The van der Waals surface area contributed by atoms with Gasteiger partial charge >= 0.3 is 0 Å². The number of carbonyl (C=O) groups is 1. The van der Waals surface area contributed by atoms with Crippen LogP contribution in [-0.2, 0) is 0 Å². The molecule has 1 aliphatic heterocycles. The van der Waals surface area contributed by atoms with E-state index in [1.54, 1.807) is 18.2 Å². The van der Waals surface area contributed by atoms with Crippen LogP contribution < -0.4 is 10.6 Å². The molecule has 3 rings (SSSR count). The minimum Gasteiger partial charge on any atom is -0.423 e. The van der Waals surface area contributed by atoms with Gasteiger partial charge in [-0.05, 0) is 45.1 Å². The quantitative estimate of drug-likeness (QED) is 0.921. The van der Waals surface area contributed by atoms with Crippen molar-refractivity contribution in [2.24, 2.45) is 5.73 Å². The van der Waals surface area contributed by atoms with Crippen molar-refractivity contribution >= 4 is 23.0 Å². The van der Waals surface area contributed by atoms with Crippen LogP contribution in [0.1, 0.15) is 23.2 Å². The van der Waals surface area contributed by atoms with Gasteiger partial charge in [0, 0.05) is 24.7 Å². The molecule has 1 saturated heterocycles. The van der Waals surface area contributed by atoms with Crippen molar-refractivity contribution < 1.29 is 9.21 Å². The lowest BCUT2D eigenvalue weighted by atomic mass is 10.2. The predicted octanol–water partition coefficient (Wildman–Crippen LogP) is 1.46. The van der Waals surface area contributed by atoms with E-state index in [1.807, 2.05) is 0 Å². The van der Waals surface area contributed by atoms with Crippen LogP contribution in [0.5, 0.6) is 0 Å². The molecule has 6 nitrogen and oxygen atoms in total. The summed E-state index contributed by atoms with van der Waals surface area (Å²) < 4.78 is 5.84. The topological polar surface area (TPSA) is 75.6 Å². The van der Waals surface area contributed by atoms with Crippen LogP contribution in [0.15, 0.2) is 22.6 Å². The lowest BCUT2D eigenvalue weighted by Crippen LogP contribution is -2.37. The van der Waals surface area contributed by atoms with E-state index in [-0.39, 0.29) is 0 Å². The van der Waals surface area contributed by atoms with E-state index in [2.05, 4.69) is 28.9 Å². The van der Waals surface area contributed by atoms with Crippen LogP contribution in [0.3, 0.4) is 0 Å². The van der Waals surface area contributed by atoms with Crippen molar-refractivity contribution in [2.75, 3.05) is 32.1 Å². The molecular weight excluding hydrogens is 268 g/mol. The number of fused-ring (bicyclic) bond motifs is 1. The zero-order valence-corrected chi connectivity index (χ0v) is 12.4. The maximum absolute atomic E-state index is 11.2. The van der Waals surface area contributed by atoms with Crippen LogP contribution in [-0.4, -0.2) is 49.0 Å². The van der Waals surface area contributed by atoms with Crippen LogP contribution in [0, 0.1) is 0 Å². The molecule has 1 amide bonds. The van der Waals surface area contributed by atoms with Gasteiger partial charge in [-0.2, -0.15) is 4.98 Å². The van der Waals surface area contributed by atoms with Crippen molar-refractivity contribution in [2.45, 2.75) is 18.9 Å². The zero-order chi connectivity index (χ0) is 15.0. The summed E-state index contributed by atoms with van der Waals surface area (Å²) in [5.41, 5.74) is 7.11. The fraction of sp³-hybridized carbons (Fsp3) is 0.467. The number of benzene rings is 1. The summed E-state index contributed by atoms with van der Waals surface area (Å²) >= 11 is 0. The Balaban J connectivity index is 1.91. The molecule has 0 radical (unpaired) electrons. The molecule has 0 bridgehead atoms. The highest BCUT2D eigenvalue weighted by atomic mass is 16.4. The summed E-state index contributed by atoms with van der Waals surface area (Å²) in [6.07, 6.45) is 2.28. The van der Waals surface area contributed by atoms with Crippen molar-refractivity contribution in [3.8, 4) is 0 Å². The zero-order valence-electron chi connectivity index (χ0n) is 12.4. The van der Waals surface area contributed by atoms with Gasteiger partial charge in [-0.3, -0.25) is 4.79 Å². The maximum Gasteiger partial charge on any atom is 0.298 e. The van der Waals surface area contributed by atoms with Crippen LogP contribution in [0.25, 0.3) is 11.1 Å². The molecule has 1 atom stereocenters. The monoisotopic (exact) mass is 288 g/mol. The smallest absolute Gasteiger partial charge is 0.298 e. The number of amides is 1. The molecule has 0 saturated carbocycles. The summed E-state index contributed by atoms with van der Waals surface area (Å²) in [4.78, 5) is 20.1. The number of aromatic nitrogens is 1. The molecule has 1 aromatic heterocycles. The summed E-state index contributed by atoms with van der Waals surface area (Å²) in [5.74, 6) is -0.451. The molecule has 1 unspecified atom stereocenters. The van der Waals surface area contributed by atoms with E-state index < -0.39 is 5.91 Å². The molecule has 1 aliphatic rings. The van der Waals surface area contributed by atoms with E-state index in [1.165, 1.54) is 0 Å². The van der Waals surface area contributed by atoms with E-state index >= 15 is 0 Å². The first-order chi connectivity index (χ1) is 10.0. The van der Waals surface area contributed by atoms with Gasteiger partial charge in [0.05, 0.1) is 0 Å². The highest BCUT2D eigenvalue weighted by molar-refractivity contribution is 5.96. The Labute approximate surface area is 123 Å².